The van der Waals surface area contributed by atoms with Gasteiger partial charge in [-0.15, -0.1) is 0 Å². The molecular formula is C25H22O5. The number of rotatable bonds is 5. The smallest absolute Gasteiger partial charge is 0.337 e. The second-order valence-corrected chi connectivity index (χ2v) is 7.11. The van der Waals surface area contributed by atoms with Gasteiger partial charge in [0.25, 0.3) is 0 Å². The van der Waals surface area contributed by atoms with Gasteiger partial charge in [-0.1, -0.05) is 42.5 Å². The van der Waals surface area contributed by atoms with E-state index in [2.05, 4.69) is 0 Å². The van der Waals surface area contributed by atoms with Crippen molar-refractivity contribution in [1.29, 1.82) is 0 Å². The van der Waals surface area contributed by atoms with Crippen molar-refractivity contribution < 1.29 is 23.8 Å². The zero-order chi connectivity index (χ0) is 21.1. The summed E-state index contributed by atoms with van der Waals surface area (Å²) in [5, 5.41) is 0. The molecule has 0 aliphatic carbocycles. The third-order valence-corrected chi connectivity index (χ3v) is 5.21. The number of Topliss-reactive ketones (excluding diaryl/α,β-unsaturated/α-hetero) is 1. The highest BCUT2D eigenvalue weighted by atomic mass is 16.5. The summed E-state index contributed by atoms with van der Waals surface area (Å²) >= 11 is 0. The molecule has 0 saturated carbocycles. The van der Waals surface area contributed by atoms with Crippen LogP contribution in [0, 0.1) is 6.92 Å². The lowest BCUT2D eigenvalue weighted by molar-refractivity contribution is 0.0600. The van der Waals surface area contributed by atoms with Gasteiger partial charge in [-0.25, -0.2) is 4.79 Å². The number of hydrogen-bond donors (Lipinski definition) is 0. The standard InChI is InChI=1S/C25H22O5/c1-16-22(13-12-20-21(26)14-15-29-23(16)20)30-24(17-6-4-3-5-7-17)18-8-10-19(11-9-18)25(27)28-2/h3-13,24H,14-15H2,1-2H3/t24-/m1/s1. The maximum atomic E-state index is 12.2. The normalized spacial score (nSPS) is 13.7. The molecule has 0 unspecified atom stereocenters. The van der Waals surface area contributed by atoms with Gasteiger partial charge in [-0.3, -0.25) is 4.79 Å². The molecule has 152 valence electrons. The summed E-state index contributed by atoms with van der Waals surface area (Å²) in [4.78, 5) is 23.9. The first-order valence-corrected chi connectivity index (χ1v) is 9.78. The highest BCUT2D eigenvalue weighted by Gasteiger charge is 2.24. The van der Waals surface area contributed by atoms with E-state index in [1.165, 1.54) is 7.11 Å². The molecule has 0 amide bonds. The molecule has 1 aliphatic heterocycles. The lowest BCUT2D eigenvalue weighted by Crippen LogP contribution is -2.17. The fraction of sp³-hybridized carbons (Fsp3) is 0.200. The minimum atomic E-state index is -0.395. The molecule has 1 atom stereocenters. The largest absolute Gasteiger partial charge is 0.492 e. The fourth-order valence-corrected chi connectivity index (χ4v) is 3.58. The summed E-state index contributed by atoms with van der Waals surface area (Å²) in [7, 11) is 1.36. The lowest BCUT2D eigenvalue weighted by Gasteiger charge is -2.24. The summed E-state index contributed by atoms with van der Waals surface area (Å²) in [6.07, 6.45) is 0.000169. The first-order valence-electron chi connectivity index (χ1n) is 9.78. The number of ketones is 1. The first kappa shape index (κ1) is 19.7. The van der Waals surface area contributed by atoms with E-state index in [1.54, 1.807) is 18.2 Å². The topological polar surface area (TPSA) is 61.8 Å². The quantitative estimate of drug-likeness (QED) is 0.567. The molecule has 3 aromatic carbocycles. The zero-order valence-electron chi connectivity index (χ0n) is 16.9. The van der Waals surface area contributed by atoms with Gasteiger partial charge in [0.1, 0.15) is 17.6 Å². The molecule has 0 fully saturated rings. The number of carbonyl (C=O) groups excluding carboxylic acids is 2. The zero-order valence-corrected chi connectivity index (χ0v) is 16.9. The van der Waals surface area contributed by atoms with E-state index >= 15 is 0 Å². The van der Waals surface area contributed by atoms with E-state index < -0.39 is 6.10 Å². The summed E-state index contributed by atoms with van der Waals surface area (Å²) in [5.41, 5.74) is 3.74. The second-order valence-electron chi connectivity index (χ2n) is 7.11. The van der Waals surface area contributed by atoms with Gasteiger partial charge in [0, 0.05) is 12.0 Å². The summed E-state index contributed by atoms with van der Waals surface area (Å²) in [6.45, 7) is 2.28. The van der Waals surface area contributed by atoms with Gasteiger partial charge >= 0.3 is 5.97 Å². The van der Waals surface area contributed by atoms with Crippen molar-refractivity contribution in [2.75, 3.05) is 13.7 Å². The number of fused-ring (bicyclic) bond motifs is 1. The van der Waals surface area contributed by atoms with Crippen molar-refractivity contribution in [3.8, 4) is 11.5 Å². The molecule has 5 heteroatoms. The molecule has 30 heavy (non-hydrogen) atoms. The summed E-state index contributed by atoms with van der Waals surface area (Å²) in [5.74, 6) is 0.945. The van der Waals surface area contributed by atoms with Crippen LogP contribution >= 0.6 is 0 Å². The maximum Gasteiger partial charge on any atom is 0.337 e. The van der Waals surface area contributed by atoms with Crippen molar-refractivity contribution in [2.45, 2.75) is 19.4 Å². The van der Waals surface area contributed by atoms with Gasteiger partial charge in [0.05, 0.1) is 24.8 Å². The molecule has 1 heterocycles. The van der Waals surface area contributed by atoms with Gasteiger partial charge in [0.15, 0.2) is 5.78 Å². The highest BCUT2D eigenvalue weighted by Crippen LogP contribution is 2.38. The molecule has 3 aromatic rings. The van der Waals surface area contributed by atoms with Crippen LogP contribution in [0.4, 0.5) is 0 Å². The Morgan fingerprint density at radius 2 is 1.67 bits per heavy atom. The maximum absolute atomic E-state index is 12.2. The number of esters is 1. The van der Waals surface area contributed by atoms with Crippen LogP contribution in [-0.2, 0) is 4.74 Å². The Labute approximate surface area is 175 Å². The van der Waals surface area contributed by atoms with E-state index in [9.17, 15) is 9.59 Å². The van der Waals surface area contributed by atoms with Crippen LogP contribution in [0.1, 0.15) is 49.9 Å². The van der Waals surface area contributed by atoms with Crippen molar-refractivity contribution >= 4 is 11.8 Å². The predicted octanol–water partition coefficient (Wildman–Crippen LogP) is 4.92. The first-order chi connectivity index (χ1) is 14.6. The Morgan fingerprint density at radius 1 is 0.967 bits per heavy atom. The van der Waals surface area contributed by atoms with Gasteiger partial charge in [-0.05, 0) is 42.3 Å². The van der Waals surface area contributed by atoms with Gasteiger partial charge < -0.3 is 14.2 Å². The molecular weight excluding hydrogens is 380 g/mol. The van der Waals surface area contributed by atoms with Gasteiger partial charge in [0.2, 0.25) is 0 Å². The predicted molar refractivity (Wildman–Crippen MR) is 112 cm³/mol. The Bertz CT molecular complexity index is 1070. The number of carbonyl (C=O) groups is 2. The minimum Gasteiger partial charge on any atom is -0.492 e. The molecule has 0 aromatic heterocycles. The molecule has 0 saturated heterocycles. The average molecular weight is 402 g/mol. The molecule has 0 bridgehead atoms. The van der Waals surface area contributed by atoms with Crippen LogP contribution in [0.2, 0.25) is 0 Å². The summed E-state index contributed by atoms with van der Waals surface area (Å²) < 4.78 is 17.0. The van der Waals surface area contributed by atoms with Crippen LogP contribution in [-0.4, -0.2) is 25.5 Å². The minimum absolute atomic E-state index is 0.0870. The third-order valence-electron chi connectivity index (χ3n) is 5.21. The van der Waals surface area contributed by atoms with Crippen LogP contribution in [0.5, 0.6) is 11.5 Å². The molecule has 5 nitrogen and oxygen atoms in total. The van der Waals surface area contributed by atoms with E-state index in [0.29, 0.717) is 35.7 Å². The van der Waals surface area contributed by atoms with Gasteiger partial charge in [-0.2, -0.15) is 0 Å². The number of benzene rings is 3. The Morgan fingerprint density at radius 3 is 2.37 bits per heavy atom. The Kier molecular flexibility index (Phi) is 5.53. The highest BCUT2D eigenvalue weighted by molar-refractivity contribution is 6.00. The van der Waals surface area contributed by atoms with Crippen LogP contribution in [0.25, 0.3) is 0 Å². The molecule has 0 N–H and O–H groups in total. The van der Waals surface area contributed by atoms with E-state index in [4.69, 9.17) is 14.2 Å². The van der Waals surface area contributed by atoms with E-state index in [1.807, 2.05) is 55.5 Å². The van der Waals surface area contributed by atoms with Crippen LogP contribution < -0.4 is 9.47 Å². The van der Waals surface area contributed by atoms with Crippen molar-refractivity contribution in [3.05, 3.63) is 94.5 Å². The monoisotopic (exact) mass is 402 g/mol. The van der Waals surface area contributed by atoms with E-state index in [0.717, 1.165) is 16.7 Å². The lowest BCUT2D eigenvalue weighted by atomic mass is 9.99. The molecule has 1 aliphatic rings. The van der Waals surface area contributed by atoms with Crippen molar-refractivity contribution in [3.63, 3.8) is 0 Å². The Balaban J connectivity index is 1.72. The fourth-order valence-electron chi connectivity index (χ4n) is 3.58. The van der Waals surface area contributed by atoms with Crippen LogP contribution in [0.3, 0.4) is 0 Å². The molecule has 0 spiro atoms. The average Bonchev–Trinajstić information content (AvgIpc) is 2.79. The van der Waals surface area contributed by atoms with Crippen molar-refractivity contribution in [2.24, 2.45) is 0 Å². The number of hydrogen-bond acceptors (Lipinski definition) is 5. The van der Waals surface area contributed by atoms with E-state index in [-0.39, 0.29) is 11.8 Å². The summed E-state index contributed by atoms with van der Waals surface area (Å²) in [6, 6.07) is 20.6. The molecule has 4 rings (SSSR count). The van der Waals surface area contributed by atoms with Crippen LogP contribution in [0.15, 0.2) is 66.7 Å². The molecule has 0 radical (unpaired) electrons. The number of ether oxygens (including phenoxy) is 3. The SMILES string of the molecule is COC(=O)c1ccc([C@H](Oc2ccc3c(c2C)OCCC3=O)c2ccccc2)cc1. The second kappa shape index (κ2) is 8.41. The Hall–Kier alpha value is -3.60. The van der Waals surface area contributed by atoms with Crippen molar-refractivity contribution in [1.82, 2.24) is 0 Å². The third kappa shape index (κ3) is 3.79. The number of methoxy groups -OCH3 is 1.